The van der Waals surface area contributed by atoms with Crippen LogP contribution >= 0.6 is 0 Å². The molecule has 3 heterocycles. The lowest BCUT2D eigenvalue weighted by atomic mass is 9.82. The Hall–Kier alpha value is -3.59. The molecule has 3 aromatic rings. The number of hydrogen-bond acceptors (Lipinski definition) is 6. The molecule has 42 heavy (non-hydrogen) atoms. The Morgan fingerprint density at radius 3 is 2.38 bits per heavy atom. The van der Waals surface area contributed by atoms with Gasteiger partial charge in [0, 0.05) is 42.5 Å². The van der Waals surface area contributed by atoms with Gasteiger partial charge in [0.1, 0.15) is 5.82 Å². The van der Waals surface area contributed by atoms with E-state index in [2.05, 4.69) is 28.7 Å². The fraction of sp³-hybridized carbons (Fsp3) is 0.485. The number of ether oxygens (including phenoxy) is 2. The van der Waals surface area contributed by atoms with Crippen LogP contribution in [0.15, 0.2) is 42.6 Å². The third-order valence-corrected chi connectivity index (χ3v) is 8.15. The number of carbonyl (C=O) groups is 1. The topological polar surface area (TPSA) is 84.8 Å². The number of carboxylic acid groups (broad SMARTS) is 1. The lowest BCUT2D eigenvalue weighted by Gasteiger charge is -2.41. The lowest BCUT2D eigenvalue weighted by molar-refractivity contribution is -0.162. The summed E-state index contributed by atoms with van der Waals surface area (Å²) in [4.78, 5) is 23.6. The predicted octanol–water partition coefficient (Wildman–Crippen LogP) is 7.31. The summed E-state index contributed by atoms with van der Waals surface area (Å²) < 4.78 is 40.3. The molecule has 1 fully saturated rings. The molecule has 226 valence electrons. The number of benzene rings is 1. The number of halogens is 2. The molecule has 1 N–H and O–H groups in total. The average Bonchev–Trinajstić information content (AvgIpc) is 2.94. The zero-order valence-electron chi connectivity index (χ0n) is 25.3. The first-order valence-corrected chi connectivity index (χ1v) is 14.5. The van der Waals surface area contributed by atoms with E-state index in [4.69, 9.17) is 9.47 Å². The maximum Gasteiger partial charge on any atom is 0.337 e. The van der Waals surface area contributed by atoms with Crippen molar-refractivity contribution in [2.45, 2.75) is 78.9 Å². The van der Waals surface area contributed by atoms with Crippen molar-refractivity contribution in [3.05, 3.63) is 71.2 Å². The van der Waals surface area contributed by atoms with Crippen molar-refractivity contribution >= 4 is 11.7 Å². The van der Waals surface area contributed by atoms with Gasteiger partial charge in [-0.2, -0.15) is 4.39 Å². The van der Waals surface area contributed by atoms with Crippen LogP contribution in [0.3, 0.4) is 0 Å². The Balaban J connectivity index is 1.72. The van der Waals surface area contributed by atoms with Crippen LogP contribution in [0.5, 0.6) is 5.75 Å². The van der Waals surface area contributed by atoms with E-state index < -0.39 is 23.6 Å². The summed E-state index contributed by atoms with van der Waals surface area (Å²) in [6, 6.07) is 9.27. The maximum atomic E-state index is 15.3. The Labute approximate surface area is 246 Å². The minimum atomic E-state index is -1.27. The van der Waals surface area contributed by atoms with E-state index in [0.717, 1.165) is 18.4 Å². The molecule has 9 heteroatoms. The van der Waals surface area contributed by atoms with Gasteiger partial charge in [-0.3, -0.25) is 4.98 Å². The van der Waals surface area contributed by atoms with Crippen molar-refractivity contribution in [1.29, 1.82) is 0 Å². The summed E-state index contributed by atoms with van der Waals surface area (Å²) >= 11 is 0. The molecule has 1 aromatic carbocycles. The van der Waals surface area contributed by atoms with Crippen LogP contribution in [-0.4, -0.2) is 46.3 Å². The number of aromatic nitrogens is 2. The third-order valence-electron chi connectivity index (χ3n) is 8.15. The van der Waals surface area contributed by atoms with Crippen molar-refractivity contribution in [3.8, 4) is 17.0 Å². The average molecular weight is 582 g/mol. The van der Waals surface area contributed by atoms with E-state index in [1.54, 1.807) is 31.3 Å². The fourth-order valence-corrected chi connectivity index (χ4v) is 5.03. The van der Waals surface area contributed by atoms with E-state index >= 15 is 4.39 Å². The molecule has 1 saturated heterocycles. The fourth-order valence-electron chi connectivity index (χ4n) is 5.03. The van der Waals surface area contributed by atoms with Gasteiger partial charge >= 0.3 is 5.97 Å². The second-order valence-electron chi connectivity index (χ2n) is 12.3. The number of hydrogen-bond donors (Lipinski definition) is 1. The number of piperidine rings is 1. The molecular formula is C33H41F2N3O4. The van der Waals surface area contributed by atoms with Gasteiger partial charge in [0.05, 0.1) is 23.6 Å². The van der Waals surface area contributed by atoms with Crippen LogP contribution < -0.4 is 9.64 Å². The number of nitrogens with zero attached hydrogens (tertiary/aromatic N) is 3. The van der Waals surface area contributed by atoms with Gasteiger partial charge in [-0.25, -0.2) is 14.2 Å². The SMILES string of the molecule is CCC(C)(C)O[C@H](C(=O)O)c1c(C)ncc(-c2ccc(OCCc3ccc(F)cc3)c(F)n2)c1N1CCC(C)(C)CC1. The van der Waals surface area contributed by atoms with Crippen LogP contribution in [0.2, 0.25) is 0 Å². The highest BCUT2D eigenvalue weighted by Crippen LogP contribution is 2.43. The monoisotopic (exact) mass is 581 g/mol. The molecule has 1 atom stereocenters. The standard InChI is InChI=1S/C33H41F2N3O4/c1-7-33(5,6)42-29(31(39)40)27-21(2)36-20-24(28(27)38-17-15-32(3,4)16-18-38)25-12-13-26(30(35)37-25)41-19-14-22-8-10-23(34)11-9-22/h8-13,20,29H,7,14-19H2,1-6H3,(H,39,40)/t29-/m0/s1. The van der Waals surface area contributed by atoms with Gasteiger partial charge < -0.3 is 19.5 Å². The van der Waals surface area contributed by atoms with Crippen LogP contribution in [0.25, 0.3) is 11.3 Å². The molecule has 0 radical (unpaired) electrons. The normalized spacial score (nSPS) is 15.9. The van der Waals surface area contributed by atoms with E-state index in [1.165, 1.54) is 18.2 Å². The molecule has 1 aliphatic rings. The van der Waals surface area contributed by atoms with Gasteiger partial charge in [-0.05, 0) is 75.3 Å². The second-order valence-corrected chi connectivity index (χ2v) is 12.3. The number of anilines is 1. The van der Waals surface area contributed by atoms with E-state index in [-0.39, 0.29) is 23.6 Å². The number of carboxylic acids is 1. The second kappa shape index (κ2) is 12.7. The minimum absolute atomic E-state index is 0.00105. The van der Waals surface area contributed by atoms with Gasteiger partial charge in [0.2, 0.25) is 0 Å². The summed E-state index contributed by atoms with van der Waals surface area (Å²) in [5.74, 6) is -2.21. The third kappa shape index (κ3) is 7.43. The quantitative estimate of drug-likeness (QED) is 0.238. The summed E-state index contributed by atoms with van der Waals surface area (Å²) in [6.07, 6.45) is 3.29. The van der Waals surface area contributed by atoms with E-state index in [1.807, 2.05) is 20.8 Å². The Morgan fingerprint density at radius 1 is 1.12 bits per heavy atom. The lowest BCUT2D eigenvalue weighted by Crippen LogP contribution is -2.39. The summed E-state index contributed by atoms with van der Waals surface area (Å²) in [6.45, 7) is 13.5. The van der Waals surface area contributed by atoms with Crippen molar-refractivity contribution < 1.29 is 28.2 Å². The Bertz CT molecular complexity index is 1400. The summed E-state index contributed by atoms with van der Waals surface area (Å²) in [5, 5.41) is 10.4. The highest BCUT2D eigenvalue weighted by atomic mass is 19.1. The molecule has 0 bridgehead atoms. The molecule has 0 unspecified atom stereocenters. The van der Waals surface area contributed by atoms with E-state index in [0.29, 0.717) is 54.1 Å². The summed E-state index contributed by atoms with van der Waals surface area (Å²) in [5.41, 5.74) is 2.86. The number of aryl methyl sites for hydroxylation is 1. The molecule has 0 saturated carbocycles. The molecule has 0 spiro atoms. The highest BCUT2D eigenvalue weighted by Gasteiger charge is 2.36. The number of rotatable bonds is 11. The van der Waals surface area contributed by atoms with Gasteiger partial charge in [0.25, 0.3) is 5.95 Å². The van der Waals surface area contributed by atoms with Crippen molar-refractivity contribution in [3.63, 3.8) is 0 Å². The molecule has 0 aliphatic carbocycles. The van der Waals surface area contributed by atoms with Crippen molar-refractivity contribution in [2.24, 2.45) is 5.41 Å². The number of pyridine rings is 2. The zero-order valence-corrected chi connectivity index (χ0v) is 25.3. The zero-order chi connectivity index (χ0) is 30.7. The first-order valence-electron chi connectivity index (χ1n) is 14.5. The number of aliphatic carboxylic acids is 1. The van der Waals surface area contributed by atoms with Crippen molar-refractivity contribution in [2.75, 3.05) is 24.6 Å². The first kappa shape index (κ1) is 31.3. The van der Waals surface area contributed by atoms with Crippen molar-refractivity contribution in [1.82, 2.24) is 9.97 Å². The molecule has 7 nitrogen and oxygen atoms in total. The van der Waals surface area contributed by atoms with Crippen LogP contribution in [0, 0.1) is 24.1 Å². The van der Waals surface area contributed by atoms with E-state index in [9.17, 15) is 14.3 Å². The molecule has 1 aliphatic heterocycles. The molecule has 2 aromatic heterocycles. The highest BCUT2D eigenvalue weighted by molar-refractivity contribution is 5.85. The maximum absolute atomic E-state index is 15.3. The predicted molar refractivity (Wildman–Crippen MR) is 159 cm³/mol. The minimum Gasteiger partial charge on any atom is -0.488 e. The first-order chi connectivity index (χ1) is 19.8. The molecular weight excluding hydrogens is 540 g/mol. The molecule has 0 amide bonds. The van der Waals surface area contributed by atoms with Gasteiger partial charge in [0.15, 0.2) is 11.9 Å². The largest absolute Gasteiger partial charge is 0.488 e. The van der Waals surface area contributed by atoms with Gasteiger partial charge in [-0.15, -0.1) is 0 Å². The van der Waals surface area contributed by atoms with Gasteiger partial charge in [-0.1, -0.05) is 32.9 Å². The smallest absolute Gasteiger partial charge is 0.337 e. The van der Waals surface area contributed by atoms with Crippen LogP contribution in [0.4, 0.5) is 14.5 Å². The Kier molecular flexibility index (Phi) is 9.50. The van der Waals surface area contributed by atoms with Crippen LogP contribution in [-0.2, 0) is 16.0 Å². The Morgan fingerprint density at radius 2 is 1.79 bits per heavy atom. The van der Waals surface area contributed by atoms with Crippen LogP contribution in [0.1, 0.15) is 76.8 Å². The molecule has 4 rings (SSSR count). The summed E-state index contributed by atoms with van der Waals surface area (Å²) in [7, 11) is 0.